The molecular formula is C12H15N3O3. The van der Waals surface area contributed by atoms with E-state index in [-0.39, 0.29) is 18.2 Å². The molecule has 0 aliphatic heterocycles. The molecule has 0 atom stereocenters. The molecule has 0 aromatic carbocycles. The third-order valence-corrected chi connectivity index (χ3v) is 2.57. The van der Waals surface area contributed by atoms with Gasteiger partial charge in [0.15, 0.2) is 0 Å². The van der Waals surface area contributed by atoms with E-state index in [2.05, 4.69) is 16.9 Å². The van der Waals surface area contributed by atoms with Gasteiger partial charge in [-0.15, -0.1) is 0 Å². The van der Waals surface area contributed by atoms with E-state index >= 15 is 0 Å². The van der Waals surface area contributed by atoms with Crippen molar-refractivity contribution >= 4 is 5.82 Å². The van der Waals surface area contributed by atoms with Crippen molar-refractivity contribution in [2.75, 3.05) is 13.2 Å². The molecule has 1 heterocycles. The van der Waals surface area contributed by atoms with Crippen molar-refractivity contribution < 1.29 is 9.66 Å². The first-order chi connectivity index (χ1) is 8.66. The molecule has 6 heteroatoms. The van der Waals surface area contributed by atoms with Crippen molar-refractivity contribution in [3.63, 3.8) is 0 Å². The number of nitrogens with one attached hydrogen (secondary N) is 1. The molecule has 1 aromatic heterocycles. The number of nitro groups is 1. The summed E-state index contributed by atoms with van der Waals surface area (Å²) < 4.78 is 5.37. The lowest BCUT2D eigenvalue weighted by molar-refractivity contribution is -0.390. The van der Waals surface area contributed by atoms with Crippen molar-refractivity contribution in [1.82, 2.24) is 10.3 Å². The van der Waals surface area contributed by atoms with Crippen LogP contribution in [0.1, 0.15) is 12.8 Å². The van der Waals surface area contributed by atoms with Gasteiger partial charge in [0.2, 0.25) is 5.75 Å². The van der Waals surface area contributed by atoms with E-state index in [9.17, 15) is 10.1 Å². The van der Waals surface area contributed by atoms with E-state index < -0.39 is 4.92 Å². The lowest BCUT2D eigenvalue weighted by Crippen LogP contribution is -2.21. The van der Waals surface area contributed by atoms with Crippen LogP contribution in [0.25, 0.3) is 0 Å². The van der Waals surface area contributed by atoms with Gasteiger partial charge in [-0.3, -0.25) is 0 Å². The number of ether oxygens (including phenoxy) is 1. The maximum absolute atomic E-state index is 10.7. The third kappa shape index (κ3) is 3.53. The second kappa shape index (κ2) is 5.59. The summed E-state index contributed by atoms with van der Waals surface area (Å²) in [4.78, 5) is 13.8. The van der Waals surface area contributed by atoms with Gasteiger partial charge in [0, 0.05) is 12.6 Å². The Labute approximate surface area is 105 Å². The van der Waals surface area contributed by atoms with Crippen LogP contribution in [-0.4, -0.2) is 29.1 Å². The van der Waals surface area contributed by atoms with Gasteiger partial charge >= 0.3 is 5.82 Å². The first kappa shape index (κ1) is 12.5. The topological polar surface area (TPSA) is 77.3 Å². The smallest absolute Gasteiger partial charge is 0.406 e. The van der Waals surface area contributed by atoms with E-state index in [0.29, 0.717) is 12.6 Å². The minimum atomic E-state index is -0.555. The van der Waals surface area contributed by atoms with Crippen LogP contribution >= 0.6 is 0 Å². The van der Waals surface area contributed by atoms with Gasteiger partial charge in [-0.1, -0.05) is 6.58 Å². The number of rotatable bonds is 7. The Morgan fingerprint density at radius 3 is 3.11 bits per heavy atom. The van der Waals surface area contributed by atoms with Crippen LogP contribution in [-0.2, 0) is 0 Å². The summed E-state index contributed by atoms with van der Waals surface area (Å²) in [7, 11) is 0. The second-order valence-electron chi connectivity index (χ2n) is 4.28. The summed E-state index contributed by atoms with van der Waals surface area (Å²) in [6.45, 7) is 4.80. The maximum atomic E-state index is 10.7. The van der Waals surface area contributed by atoms with E-state index in [4.69, 9.17) is 4.74 Å². The molecule has 0 unspecified atom stereocenters. The summed E-state index contributed by atoms with van der Waals surface area (Å²) in [5.41, 5.74) is 0.861. The monoisotopic (exact) mass is 249 g/mol. The van der Waals surface area contributed by atoms with Crippen LogP contribution in [0, 0.1) is 10.1 Å². The van der Waals surface area contributed by atoms with Crippen molar-refractivity contribution in [2.24, 2.45) is 0 Å². The van der Waals surface area contributed by atoms with E-state index in [0.717, 1.165) is 5.57 Å². The van der Waals surface area contributed by atoms with E-state index in [1.165, 1.54) is 25.1 Å². The highest BCUT2D eigenvalue weighted by molar-refractivity contribution is 5.38. The van der Waals surface area contributed by atoms with Gasteiger partial charge in [-0.25, -0.2) is 0 Å². The zero-order chi connectivity index (χ0) is 13.0. The molecule has 1 fully saturated rings. The fourth-order valence-electron chi connectivity index (χ4n) is 1.44. The highest BCUT2D eigenvalue weighted by Crippen LogP contribution is 2.23. The standard InChI is InChI=1S/C12H15N3O3/c1-9(7-14-10-4-5-10)8-18-11-3-2-6-13-12(11)15(16)17/h2-3,6,10,14H,1,4-5,7-8H2. The fraction of sp³-hybridized carbons (Fsp3) is 0.417. The second-order valence-corrected chi connectivity index (χ2v) is 4.28. The molecule has 0 amide bonds. The van der Waals surface area contributed by atoms with Crippen LogP contribution in [0.15, 0.2) is 30.5 Å². The lowest BCUT2D eigenvalue weighted by atomic mass is 10.3. The van der Waals surface area contributed by atoms with Crippen molar-refractivity contribution in [2.45, 2.75) is 18.9 Å². The zero-order valence-corrected chi connectivity index (χ0v) is 9.96. The molecule has 96 valence electrons. The number of hydrogen-bond donors (Lipinski definition) is 1. The Kier molecular flexibility index (Phi) is 3.88. The first-order valence-corrected chi connectivity index (χ1v) is 5.79. The van der Waals surface area contributed by atoms with Gasteiger partial charge in [0.1, 0.15) is 12.8 Å². The van der Waals surface area contributed by atoms with Crippen LogP contribution < -0.4 is 10.1 Å². The zero-order valence-electron chi connectivity index (χ0n) is 9.96. The van der Waals surface area contributed by atoms with Crippen molar-refractivity contribution in [3.8, 4) is 5.75 Å². The van der Waals surface area contributed by atoms with E-state index in [1.54, 1.807) is 6.07 Å². The summed E-state index contributed by atoms with van der Waals surface area (Å²) in [6, 6.07) is 3.75. The Morgan fingerprint density at radius 1 is 1.67 bits per heavy atom. The fourth-order valence-corrected chi connectivity index (χ4v) is 1.44. The van der Waals surface area contributed by atoms with Gasteiger partial charge in [-0.2, -0.15) is 0 Å². The molecule has 6 nitrogen and oxygen atoms in total. The van der Waals surface area contributed by atoms with Crippen LogP contribution in [0.5, 0.6) is 5.75 Å². The quantitative estimate of drug-likeness (QED) is 0.452. The van der Waals surface area contributed by atoms with Crippen molar-refractivity contribution in [1.29, 1.82) is 0 Å². The van der Waals surface area contributed by atoms with E-state index in [1.807, 2.05) is 0 Å². The van der Waals surface area contributed by atoms with Gasteiger partial charge in [-0.05, 0) is 40.5 Å². The molecule has 0 saturated heterocycles. The Morgan fingerprint density at radius 2 is 2.44 bits per heavy atom. The Bertz CT molecular complexity index is 458. The van der Waals surface area contributed by atoms with Crippen LogP contribution in [0.2, 0.25) is 0 Å². The molecule has 0 spiro atoms. The predicted molar refractivity (Wildman–Crippen MR) is 66.6 cm³/mol. The predicted octanol–water partition coefficient (Wildman–Crippen LogP) is 1.68. The molecule has 0 radical (unpaired) electrons. The molecule has 2 rings (SSSR count). The first-order valence-electron chi connectivity index (χ1n) is 5.79. The molecule has 1 aromatic rings. The number of pyridine rings is 1. The molecule has 1 saturated carbocycles. The molecule has 18 heavy (non-hydrogen) atoms. The number of aromatic nitrogens is 1. The maximum Gasteiger partial charge on any atom is 0.406 e. The minimum Gasteiger partial charge on any atom is -0.481 e. The highest BCUT2D eigenvalue weighted by atomic mass is 16.6. The summed E-state index contributed by atoms with van der Waals surface area (Å²) in [5, 5.41) is 14.0. The molecular weight excluding hydrogens is 234 g/mol. The molecule has 1 N–H and O–H groups in total. The average Bonchev–Trinajstić information content (AvgIpc) is 3.18. The summed E-state index contributed by atoms with van der Waals surface area (Å²) >= 11 is 0. The van der Waals surface area contributed by atoms with Gasteiger partial charge in [0.25, 0.3) is 0 Å². The normalized spacial score (nSPS) is 14.2. The molecule has 1 aliphatic carbocycles. The number of hydrogen-bond acceptors (Lipinski definition) is 5. The number of nitrogens with zero attached hydrogens (tertiary/aromatic N) is 2. The Hall–Kier alpha value is -1.95. The minimum absolute atomic E-state index is 0.176. The highest BCUT2D eigenvalue weighted by Gasteiger charge is 2.20. The largest absolute Gasteiger partial charge is 0.481 e. The summed E-state index contributed by atoms with van der Waals surface area (Å²) in [6.07, 6.45) is 3.79. The molecule has 0 bridgehead atoms. The SMILES string of the molecule is C=C(CNC1CC1)COc1cccnc1[N+](=O)[O-]. The van der Waals surface area contributed by atoms with Gasteiger partial charge in [0.05, 0.1) is 0 Å². The molecule has 1 aliphatic rings. The van der Waals surface area contributed by atoms with Crippen LogP contribution in [0.4, 0.5) is 5.82 Å². The average molecular weight is 249 g/mol. The van der Waals surface area contributed by atoms with Gasteiger partial charge < -0.3 is 20.2 Å². The van der Waals surface area contributed by atoms with Crippen LogP contribution in [0.3, 0.4) is 0 Å². The Balaban J connectivity index is 1.84. The van der Waals surface area contributed by atoms with Crippen molar-refractivity contribution in [3.05, 3.63) is 40.6 Å². The summed E-state index contributed by atoms with van der Waals surface area (Å²) in [5.74, 6) is -0.0875. The third-order valence-electron chi connectivity index (χ3n) is 2.57. The lowest BCUT2D eigenvalue weighted by Gasteiger charge is -2.09.